The van der Waals surface area contributed by atoms with Crippen LogP contribution >= 0.6 is 11.8 Å². The lowest BCUT2D eigenvalue weighted by molar-refractivity contribution is 0.0698. The Morgan fingerprint density at radius 1 is 1.37 bits per heavy atom. The van der Waals surface area contributed by atoms with E-state index in [-0.39, 0.29) is 34.9 Å². The molecule has 0 aliphatic heterocycles. The number of hydrogen-bond donors (Lipinski definition) is 3. The zero-order valence-corrected chi connectivity index (χ0v) is 15.6. The maximum Gasteiger partial charge on any atom is 0.341 e. The molecule has 0 spiro atoms. The summed E-state index contributed by atoms with van der Waals surface area (Å²) in [7, 11) is 0. The van der Waals surface area contributed by atoms with Crippen molar-refractivity contribution in [1.29, 1.82) is 0 Å². The second kappa shape index (κ2) is 7.93. The summed E-state index contributed by atoms with van der Waals surface area (Å²) < 4.78 is 15.2. The second-order valence-electron chi connectivity index (χ2n) is 6.10. The molecule has 3 N–H and O–H groups in total. The van der Waals surface area contributed by atoms with Gasteiger partial charge >= 0.3 is 5.97 Å². The number of aromatic nitrogens is 3. The number of nitrogens with one attached hydrogen (secondary N) is 1. The van der Waals surface area contributed by atoms with Gasteiger partial charge in [0.15, 0.2) is 5.65 Å². The Morgan fingerprint density at radius 2 is 2.15 bits per heavy atom. The Balaban J connectivity index is 1.90. The summed E-state index contributed by atoms with van der Waals surface area (Å²) in [5, 5.41) is 25.6. The third-order valence-corrected chi connectivity index (χ3v) is 5.16. The summed E-state index contributed by atoms with van der Waals surface area (Å²) >= 11 is 1.46. The molecular weight excluding hydrogens is 371 g/mol. The van der Waals surface area contributed by atoms with Gasteiger partial charge in [-0.05, 0) is 36.8 Å². The molecule has 0 aliphatic carbocycles. The number of hydrogen-bond acceptors (Lipinski definition) is 6. The Morgan fingerprint density at radius 3 is 2.85 bits per heavy atom. The molecule has 0 bridgehead atoms. The van der Waals surface area contributed by atoms with Crippen LogP contribution in [0.1, 0.15) is 35.8 Å². The molecular formula is C18H19FN4O3S. The Bertz CT molecular complexity index is 978. The number of rotatable bonds is 7. The first-order chi connectivity index (χ1) is 12.9. The van der Waals surface area contributed by atoms with Gasteiger partial charge in [0.05, 0.1) is 18.8 Å². The highest BCUT2D eigenvalue weighted by Gasteiger charge is 2.17. The average molecular weight is 390 g/mol. The number of carbonyl (C=O) groups is 1. The molecule has 2 aromatic heterocycles. The predicted molar refractivity (Wildman–Crippen MR) is 101 cm³/mol. The number of halogens is 1. The number of carboxylic acid groups (broad SMARTS) is 1. The fraction of sp³-hybridized carbons (Fsp3) is 0.278. The number of anilines is 1. The molecule has 0 unspecified atom stereocenters. The topological polar surface area (TPSA) is 99.8 Å². The molecule has 3 aromatic rings. The Hall–Kier alpha value is -2.65. The molecule has 3 rings (SSSR count). The third-order valence-electron chi connectivity index (χ3n) is 3.99. The molecule has 0 aliphatic rings. The largest absolute Gasteiger partial charge is 0.477 e. The van der Waals surface area contributed by atoms with E-state index in [9.17, 15) is 19.4 Å². The van der Waals surface area contributed by atoms with E-state index in [1.165, 1.54) is 34.6 Å². The molecule has 0 saturated carbocycles. The van der Waals surface area contributed by atoms with E-state index in [0.717, 1.165) is 10.5 Å². The summed E-state index contributed by atoms with van der Waals surface area (Å²) in [6.45, 7) is 3.77. The number of thioether (sulfide) groups is 1. The average Bonchev–Trinajstić information content (AvgIpc) is 3.06. The first kappa shape index (κ1) is 19.1. The lowest BCUT2D eigenvalue weighted by atomic mass is 10.1. The second-order valence-corrected chi connectivity index (χ2v) is 7.58. The molecule has 7 nitrogen and oxygen atoms in total. The lowest BCUT2D eigenvalue weighted by Crippen LogP contribution is -2.11. The highest BCUT2D eigenvalue weighted by molar-refractivity contribution is 8.00. The summed E-state index contributed by atoms with van der Waals surface area (Å²) in [4.78, 5) is 16.4. The first-order valence-corrected chi connectivity index (χ1v) is 9.18. The van der Waals surface area contributed by atoms with Crippen LogP contribution < -0.4 is 5.32 Å². The molecule has 27 heavy (non-hydrogen) atoms. The summed E-state index contributed by atoms with van der Waals surface area (Å²) in [6, 6.07) is 5.91. The summed E-state index contributed by atoms with van der Waals surface area (Å²) in [6.07, 6.45) is 2.86. The zero-order chi connectivity index (χ0) is 19.6. The smallest absolute Gasteiger partial charge is 0.341 e. The number of aromatic carboxylic acids is 1. The Kier molecular flexibility index (Phi) is 5.62. The monoisotopic (exact) mass is 390 g/mol. The maximum atomic E-state index is 13.8. The molecule has 0 amide bonds. The summed E-state index contributed by atoms with van der Waals surface area (Å²) in [5.74, 6) is -1.01. The summed E-state index contributed by atoms with van der Waals surface area (Å²) in [5.41, 5.74) is 0.960. The highest BCUT2D eigenvalue weighted by Crippen LogP contribution is 2.32. The molecule has 142 valence electrons. The van der Waals surface area contributed by atoms with Crippen molar-refractivity contribution < 1.29 is 19.4 Å². The van der Waals surface area contributed by atoms with Crippen LogP contribution in [-0.2, 0) is 0 Å². The van der Waals surface area contributed by atoms with Crippen LogP contribution in [0, 0.1) is 5.82 Å². The standard InChI is InChI=1S/C18H19FN4O3S/c1-10(9-24)27-15-4-3-12(19)7-13(15)11(2)21-16-5-6-23-17(22-16)14(8-20-23)18(25)26/h3-8,10-11,24H,9H2,1-2H3,(H,21,22)(H,25,26)/t10-,11+/m0/s1. The van der Waals surface area contributed by atoms with Gasteiger partial charge in [0.25, 0.3) is 0 Å². The quantitative estimate of drug-likeness (QED) is 0.533. The molecule has 0 saturated heterocycles. The van der Waals surface area contributed by atoms with Gasteiger partial charge in [0.1, 0.15) is 17.2 Å². The van der Waals surface area contributed by atoms with E-state index in [0.29, 0.717) is 5.82 Å². The van der Waals surface area contributed by atoms with E-state index >= 15 is 0 Å². The van der Waals surface area contributed by atoms with Crippen molar-refractivity contribution in [3.8, 4) is 0 Å². The van der Waals surface area contributed by atoms with Crippen molar-refractivity contribution >= 4 is 29.2 Å². The van der Waals surface area contributed by atoms with E-state index < -0.39 is 5.97 Å². The van der Waals surface area contributed by atoms with Crippen molar-refractivity contribution in [2.45, 2.75) is 30.0 Å². The minimum atomic E-state index is -1.11. The van der Waals surface area contributed by atoms with Crippen molar-refractivity contribution in [2.24, 2.45) is 0 Å². The van der Waals surface area contributed by atoms with E-state index in [4.69, 9.17) is 0 Å². The number of carboxylic acids is 1. The Labute approximate surface area is 159 Å². The number of benzene rings is 1. The predicted octanol–water partition coefficient (Wildman–Crippen LogP) is 3.21. The van der Waals surface area contributed by atoms with Crippen LogP contribution in [-0.4, -0.2) is 42.6 Å². The number of aliphatic hydroxyl groups excluding tert-OH is 1. The number of fused-ring (bicyclic) bond motifs is 1. The molecule has 1 aromatic carbocycles. The molecule has 9 heteroatoms. The van der Waals surface area contributed by atoms with E-state index in [1.54, 1.807) is 18.3 Å². The van der Waals surface area contributed by atoms with Gasteiger partial charge in [-0.15, -0.1) is 11.8 Å². The fourth-order valence-electron chi connectivity index (χ4n) is 2.62. The van der Waals surface area contributed by atoms with Gasteiger partial charge in [-0.1, -0.05) is 6.92 Å². The van der Waals surface area contributed by atoms with Gasteiger partial charge in [-0.25, -0.2) is 18.7 Å². The molecule has 0 radical (unpaired) electrons. The van der Waals surface area contributed by atoms with Gasteiger partial charge in [-0.3, -0.25) is 0 Å². The SMILES string of the molecule is C[C@@H](CO)Sc1ccc(F)cc1[C@@H](C)Nc1ccn2ncc(C(=O)O)c2n1. The van der Waals surface area contributed by atoms with Crippen LogP contribution in [0.4, 0.5) is 10.2 Å². The third kappa shape index (κ3) is 4.20. The van der Waals surface area contributed by atoms with Crippen molar-refractivity contribution in [1.82, 2.24) is 14.6 Å². The minimum Gasteiger partial charge on any atom is -0.477 e. The number of nitrogens with zero attached hydrogens (tertiary/aromatic N) is 3. The van der Waals surface area contributed by atoms with Gasteiger partial charge in [-0.2, -0.15) is 5.10 Å². The first-order valence-electron chi connectivity index (χ1n) is 8.30. The van der Waals surface area contributed by atoms with Crippen molar-refractivity contribution in [3.63, 3.8) is 0 Å². The van der Waals surface area contributed by atoms with Crippen LogP contribution in [0.2, 0.25) is 0 Å². The normalized spacial score (nSPS) is 13.5. The van der Waals surface area contributed by atoms with Crippen LogP contribution in [0.25, 0.3) is 5.65 Å². The van der Waals surface area contributed by atoms with E-state index in [1.807, 2.05) is 13.8 Å². The van der Waals surface area contributed by atoms with Gasteiger partial charge in [0.2, 0.25) is 0 Å². The minimum absolute atomic E-state index is 0.00470. The van der Waals surface area contributed by atoms with Gasteiger partial charge in [0, 0.05) is 16.3 Å². The molecule has 0 fully saturated rings. The van der Waals surface area contributed by atoms with Gasteiger partial charge < -0.3 is 15.5 Å². The lowest BCUT2D eigenvalue weighted by Gasteiger charge is -2.20. The molecule has 2 heterocycles. The maximum absolute atomic E-state index is 13.8. The zero-order valence-electron chi connectivity index (χ0n) is 14.8. The van der Waals surface area contributed by atoms with E-state index in [2.05, 4.69) is 15.4 Å². The fourth-order valence-corrected chi connectivity index (χ4v) is 3.65. The van der Waals surface area contributed by atoms with Crippen molar-refractivity contribution in [3.05, 3.63) is 53.6 Å². The highest BCUT2D eigenvalue weighted by atomic mass is 32.2. The van der Waals surface area contributed by atoms with Crippen molar-refractivity contribution in [2.75, 3.05) is 11.9 Å². The van der Waals surface area contributed by atoms with Crippen LogP contribution in [0.3, 0.4) is 0 Å². The van der Waals surface area contributed by atoms with Crippen LogP contribution in [0.15, 0.2) is 41.6 Å². The number of aliphatic hydroxyl groups is 1. The molecule has 2 atom stereocenters. The van der Waals surface area contributed by atoms with Crippen LogP contribution in [0.5, 0.6) is 0 Å².